The van der Waals surface area contributed by atoms with Crippen LogP contribution in [0.2, 0.25) is 0 Å². The molecule has 1 atom stereocenters. The summed E-state index contributed by atoms with van der Waals surface area (Å²) < 4.78 is 5.34. The quantitative estimate of drug-likeness (QED) is 0.650. The van der Waals surface area contributed by atoms with Crippen molar-refractivity contribution in [1.82, 2.24) is 10.2 Å². The average Bonchev–Trinajstić information content (AvgIpc) is 2.45. The van der Waals surface area contributed by atoms with E-state index in [1.54, 1.807) is 11.0 Å². The first kappa shape index (κ1) is 14.3. The van der Waals surface area contributed by atoms with Gasteiger partial charge in [0, 0.05) is 31.7 Å². The lowest BCUT2D eigenvalue weighted by Crippen LogP contribution is -2.53. The van der Waals surface area contributed by atoms with Crippen LogP contribution in [0.3, 0.4) is 0 Å². The maximum absolute atomic E-state index is 12.0. The van der Waals surface area contributed by atoms with Gasteiger partial charge in [0.1, 0.15) is 5.75 Å². The monoisotopic (exact) mass is 279 g/mol. The second-order valence-electron chi connectivity index (χ2n) is 4.68. The number of benzene rings is 1. The molecule has 1 aliphatic heterocycles. The largest absolute Gasteiger partial charge is 0.484 e. The van der Waals surface area contributed by atoms with Crippen LogP contribution in [0.15, 0.2) is 24.3 Å². The number of hydrogen-bond acceptors (Lipinski definition) is 5. The van der Waals surface area contributed by atoms with E-state index >= 15 is 0 Å². The van der Waals surface area contributed by atoms with Crippen molar-refractivity contribution < 1.29 is 14.5 Å². The van der Waals surface area contributed by atoms with Crippen LogP contribution >= 0.6 is 0 Å². The van der Waals surface area contributed by atoms with E-state index in [0.717, 1.165) is 13.1 Å². The SMILES string of the molecule is CC1CNCCN1C(=O)COc1cccc([N+](=O)[O-])c1. The molecule has 1 fully saturated rings. The molecule has 7 nitrogen and oxygen atoms in total. The van der Waals surface area contributed by atoms with Gasteiger partial charge in [-0.05, 0) is 13.0 Å². The fourth-order valence-electron chi connectivity index (χ4n) is 2.13. The molecule has 0 radical (unpaired) electrons. The van der Waals surface area contributed by atoms with Crippen molar-refractivity contribution >= 4 is 11.6 Å². The van der Waals surface area contributed by atoms with Gasteiger partial charge in [0.15, 0.2) is 6.61 Å². The Morgan fingerprint density at radius 1 is 1.60 bits per heavy atom. The highest BCUT2D eigenvalue weighted by molar-refractivity contribution is 5.78. The van der Waals surface area contributed by atoms with Crippen LogP contribution in [-0.2, 0) is 4.79 Å². The maximum Gasteiger partial charge on any atom is 0.273 e. The number of carbonyl (C=O) groups is 1. The molecule has 1 saturated heterocycles. The van der Waals surface area contributed by atoms with Crippen molar-refractivity contribution in [3.8, 4) is 5.75 Å². The lowest BCUT2D eigenvalue weighted by Gasteiger charge is -2.33. The van der Waals surface area contributed by atoms with Gasteiger partial charge in [-0.1, -0.05) is 6.07 Å². The Balaban J connectivity index is 1.92. The number of carbonyl (C=O) groups excluding carboxylic acids is 1. The molecule has 1 aliphatic rings. The molecule has 0 aliphatic carbocycles. The fourth-order valence-corrected chi connectivity index (χ4v) is 2.13. The molecular formula is C13H17N3O4. The number of rotatable bonds is 4. The molecule has 0 spiro atoms. The number of nitrogens with one attached hydrogen (secondary N) is 1. The van der Waals surface area contributed by atoms with E-state index < -0.39 is 4.92 Å². The standard InChI is InChI=1S/C13H17N3O4/c1-10-8-14-5-6-15(10)13(17)9-20-12-4-2-3-11(7-12)16(18)19/h2-4,7,10,14H,5-6,8-9H2,1H3. The van der Waals surface area contributed by atoms with E-state index in [9.17, 15) is 14.9 Å². The summed E-state index contributed by atoms with van der Waals surface area (Å²) in [7, 11) is 0. The van der Waals surface area contributed by atoms with Crippen molar-refractivity contribution in [2.24, 2.45) is 0 Å². The number of non-ortho nitro benzene ring substituents is 1. The van der Waals surface area contributed by atoms with Gasteiger partial charge in [-0.15, -0.1) is 0 Å². The predicted octanol–water partition coefficient (Wildman–Crippen LogP) is 0.794. The molecule has 0 saturated carbocycles. The normalized spacial score (nSPS) is 18.6. The third kappa shape index (κ3) is 3.45. The number of hydrogen-bond donors (Lipinski definition) is 1. The number of nitrogens with zero attached hydrogens (tertiary/aromatic N) is 2. The zero-order chi connectivity index (χ0) is 14.5. The van der Waals surface area contributed by atoms with Crippen molar-refractivity contribution in [2.45, 2.75) is 13.0 Å². The third-order valence-electron chi connectivity index (χ3n) is 3.21. The second kappa shape index (κ2) is 6.33. The van der Waals surface area contributed by atoms with Crippen LogP contribution < -0.4 is 10.1 Å². The van der Waals surface area contributed by atoms with Gasteiger partial charge in [0.2, 0.25) is 0 Å². The summed E-state index contributed by atoms with van der Waals surface area (Å²) in [5, 5.41) is 13.9. The van der Waals surface area contributed by atoms with Crippen LogP contribution in [0.5, 0.6) is 5.75 Å². The number of amides is 1. The van der Waals surface area contributed by atoms with E-state index in [1.165, 1.54) is 18.2 Å². The lowest BCUT2D eigenvalue weighted by atomic mass is 10.2. The Kier molecular flexibility index (Phi) is 4.52. The molecule has 0 aromatic heterocycles. The fraction of sp³-hybridized carbons (Fsp3) is 0.462. The van der Waals surface area contributed by atoms with Crippen molar-refractivity contribution in [3.63, 3.8) is 0 Å². The minimum absolute atomic E-state index is 0.0505. The predicted molar refractivity (Wildman–Crippen MR) is 72.6 cm³/mol. The molecule has 108 valence electrons. The summed E-state index contributed by atoms with van der Waals surface area (Å²) in [5.41, 5.74) is -0.0505. The summed E-state index contributed by atoms with van der Waals surface area (Å²) in [5.74, 6) is 0.223. The van der Waals surface area contributed by atoms with Gasteiger partial charge in [-0.25, -0.2) is 0 Å². The molecule has 1 aromatic carbocycles. The average molecular weight is 279 g/mol. The summed E-state index contributed by atoms with van der Waals surface area (Å²) in [6, 6.07) is 5.96. The van der Waals surface area contributed by atoms with Gasteiger partial charge >= 0.3 is 0 Å². The topological polar surface area (TPSA) is 84.7 Å². The first-order valence-electron chi connectivity index (χ1n) is 6.45. The summed E-state index contributed by atoms with van der Waals surface area (Å²) in [4.78, 5) is 24.0. The van der Waals surface area contributed by atoms with Gasteiger partial charge in [0.25, 0.3) is 11.6 Å². The Hall–Kier alpha value is -2.15. The van der Waals surface area contributed by atoms with Crippen molar-refractivity contribution in [1.29, 1.82) is 0 Å². The van der Waals surface area contributed by atoms with Crippen LogP contribution in [-0.4, -0.2) is 48.0 Å². The molecular weight excluding hydrogens is 262 g/mol. The molecule has 2 rings (SSSR count). The number of nitro benzene ring substituents is 1. The zero-order valence-electron chi connectivity index (χ0n) is 11.2. The van der Waals surface area contributed by atoms with Crippen LogP contribution in [0.25, 0.3) is 0 Å². The minimum atomic E-state index is -0.493. The highest BCUT2D eigenvalue weighted by Gasteiger charge is 2.23. The molecule has 1 N–H and O–H groups in total. The first-order chi connectivity index (χ1) is 9.58. The van der Waals surface area contributed by atoms with E-state index in [2.05, 4.69) is 5.32 Å². The Morgan fingerprint density at radius 2 is 2.40 bits per heavy atom. The zero-order valence-corrected chi connectivity index (χ0v) is 11.2. The van der Waals surface area contributed by atoms with Crippen molar-refractivity contribution in [3.05, 3.63) is 34.4 Å². The van der Waals surface area contributed by atoms with E-state index in [0.29, 0.717) is 12.3 Å². The molecule has 1 heterocycles. The molecule has 20 heavy (non-hydrogen) atoms. The lowest BCUT2D eigenvalue weighted by molar-refractivity contribution is -0.384. The van der Waals surface area contributed by atoms with Gasteiger partial charge in [-0.3, -0.25) is 14.9 Å². The molecule has 7 heteroatoms. The summed E-state index contributed by atoms with van der Waals surface area (Å²) in [6.45, 7) is 4.05. The van der Waals surface area contributed by atoms with Crippen LogP contribution in [0.4, 0.5) is 5.69 Å². The third-order valence-corrected chi connectivity index (χ3v) is 3.21. The molecule has 1 aromatic rings. The highest BCUT2D eigenvalue weighted by Crippen LogP contribution is 2.19. The summed E-state index contributed by atoms with van der Waals surface area (Å²) >= 11 is 0. The number of ether oxygens (including phenoxy) is 1. The van der Waals surface area contributed by atoms with Gasteiger partial charge in [-0.2, -0.15) is 0 Å². The van der Waals surface area contributed by atoms with Crippen LogP contribution in [0, 0.1) is 10.1 Å². The number of nitro groups is 1. The highest BCUT2D eigenvalue weighted by atomic mass is 16.6. The first-order valence-corrected chi connectivity index (χ1v) is 6.45. The van der Waals surface area contributed by atoms with Gasteiger partial charge in [0.05, 0.1) is 11.0 Å². The second-order valence-corrected chi connectivity index (χ2v) is 4.68. The summed E-state index contributed by atoms with van der Waals surface area (Å²) in [6.07, 6.45) is 0. The molecule has 1 unspecified atom stereocenters. The van der Waals surface area contributed by atoms with Crippen LogP contribution in [0.1, 0.15) is 6.92 Å². The smallest absolute Gasteiger partial charge is 0.273 e. The van der Waals surface area contributed by atoms with E-state index in [4.69, 9.17) is 4.74 Å². The molecule has 1 amide bonds. The number of piperazine rings is 1. The Bertz CT molecular complexity index is 506. The van der Waals surface area contributed by atoms with Gasteiger partial charge < -0.3 is 15.0 Å². The Labute approximate surface area is 116 Å². The molecule has 0 bridgehead atoms. The minimum Gasteiger partial charge on any atom is -0.484 e. The maximum atomic E-state index is 12.0. The Morgan fingerprint density at radius 3 is 3.10 bits per heavy atom. The van der Waals surface area contributed by atoms with E-state index in [1.807, 2.05) is 6.92 Å². The van der Waals surface area contributed by atoms with E-state index in [-0.39, 0.29) is 24.2 Å². The van der Waals surface area contributed by atoms with Crippen molar-refractivity contribution in [2.75, 3.05) is 26.2 Å².